The number of pyridine rings is 1. The van der Waals surface area contributed by atoms with E-state index in [1.807, 2.05) is 18.2 Å². The van der Waals surface area contributed by atoms with Crippen molar-refractivity contribution in [3.05, 3.63) is 77.2 Å². The van der Waals surface area contributed by atoms with Crippen molar-refractivity contribution in [2.24, 2.45) is 5.92 Å². The number of carbonyl (C=O) groups is 1. The second-order valence-corrected chi connectivity index (χ2v) is 7.35. The highest BCUT2D eigenvalue weighted by Crippen LogP contribution is 2.25. The van der Waals surface area contributed by atoms with Crippen LogP contribution >= 0.6 is 0 Å². The molecule has 0 aliphatic carbocycles. The predicted molar refractivity (Wildman–Crippen MR) is 113 cm³/mol. The van der Waals surface area contributed by atoms with Gasteiger partial charge in [-0.25, -0.2) is 4.98 Å². The molecule has 150 valence electrons. The van der Waals surface area contributed by atoms with E-state index in [9.17, 15) is 9.18 Å². The number of nitrogens with one attached hydrogen (secondary N) is 1. The molecule has 0 aliphatic rings. The Labute approximate surface area is 169 Å². The summed E-state index contributed by atoms with van der Waals surface area (Å²) >= 11 is 0. The molecule has 1 aromatic heterocycles. The highest BCUT2D eigenvalue weighted by atomic mass is 19.1. The number of nitrogens with zero attached hydrogens (tertiary/aromatic N) is 1. The van der Waals surface area contributed by atoms with Crippen molar-refractivity contribution < 1.29 is 13.9 Å². The van der Waals surface area contributed by atoms with Crippen LogP contribution in [0, 0.1) is 18.8 Å². The zero-order valence-electron chi connectivity index (χ0n) is 16.7. The van der Waals surface area contributed by atoms with Gasteiger partial charge in [0, 0.05) is 11.3 Å². The summed E-state index contributed by atoms with van der Waals surface area (Å²) in [7, 11) is 0. The minimum absolute atomic E-state index is 0.131. The first kappa shape index (κ1) is 20.3. The molecule has 2 aromatic carbocycles. The van der Waals surface area contributed by atoms with Gasteiger partial charge in [-0.2, -0.15) is 4.39 Å². The number of hydrogen-bond acceptors (Lipinski definition) is 4. The van der Waals surface area contributed by atoms with Crippen LogP contribution in [0.2, 0.25) is 0 Å². The number of amides is 1. The predicted octanol–water partition coefficient (Wildman–Crippen LogP) is 5.35. The highest BCUT2D eigenvalue weighted by molar-refractivity contribution is 6.07. The van der Waals surface area contributed by atoms with Gasteiger partial charge in [-0.3, -0.25) is 4.79 Å². The lowest BCUT2D eigenvalue weighted by molar-refractivity contribution is 0.102. The molecule has 0 spiro atoms. The van der Waals surface area contributed by atoms with Crippen LogP contribution < -0.4 is 15.8 Å². The van der Waals surface area contributed by atoms with Gasteiger partial charge in [0.2, 0.25) is 5.95 Å². The number of rotatable bonds is 6. The zero-order valence-corrected chi connectivity index (χ0v) is 16.7. The Morgan fingerprint density at radius 3 is 2.55 bits per heavy atom. The van der Waals surface area contributed by atoms with Gasteiger partial charge in [-0.05, 0) is 67.3 Å². The van der Waals surface area contributed by atoms with Gasteiger partial charge in [-0.1, -0.05) is 26.0 Å². The number of nitrogens with two attached hydrogens (primary N) is 1. The average molecular weight is 393 g/mol. The standard InChI is InChI=1S/C23H24FN3O2/c1-14(2)11-16-5-4-6-19(13-16)29-18-9-7-17(8-10-18)26-23(28)20-12-15(3)21(24)27-22(20)25/h4-10,12-14H,11H2,1-3H3,(H2,25,27)(H,26,28). The molecular weight excluding hydrogens is 369 g/mol. The molecule has 1 amide bonds. The van der Waals surface area contributed by atoms with E-state index in [2.05, 4.69) is 30.2 Å². The summed E-state index contributed by atoms with van der Waals surface area (Å²) in [5.74, 6) is 0.712. The van der Waals surface area contributed by atoms with E-state index >= 15 is 0 Å². The van der Waals surface area contributed by atoms with Gasteiger partial charge >= 0.3 is 0 Å². The summed E-state index contributed by atoms with van der Waals surface area (Å²) in [4.78, 5) is 16.0. The summed E-state index contributed by atoms with van der Waals surface area (Å²) in [5.41, 5.74) is 7.84. The number of nitrogen functional groups attached to an aromatic ring is 1. The normalized spacial score (nSPS) is 10.8. The van der Waals surface area contributed by atoms with Gasteiger partial charge in [-0.15, -0.1) is 0 Å². The lowest BCUT2D eigenvalue weighted by Gasteiger charge is -2.11. The van der Waals surface area contributed by atoms with Crippen LogP contribution in [0.5, 0.6) is 11.5 Å². The Morgan fingerprint density at radius 1 is 1.14 bits per heavy atom. The molecule has 3 N–H and O–H groups in total. The molecule has 0 atom stereocenters. The maximum atomic E-state index is 13.4. The van der Waals surface area contributed by atoms with E-state index in [1.54, 1.807) is 24.3 Å². The Morgan fingerprint density at radius 2 is 1.86 bits per heavy atom. The number of aryl methyl sites for hydroxylation is 1. The topological polar surface area (TPSA) is 77.2 Å². The largest absolute Gasteiger partial charge is 0.457 e. The van der Waals surface area contributed by atoms with Crippen LogP contribution in [-0.2, 0) is 6.42 Å². The van der Waals surface area contributed by atoms with E-state index in [1.165, 1.54) is 18.6 Å². The summed E-state index contributed by atoms with van der Waals surface area (Å²) in [6, 6.07) is 16.4. The summed E-state index contributed by atoms with van der Waals surface area (Å²) in [5, 5.41) is 2.73. The summed E-state index contributed by atoms with van der Waals surface area (Å²) < 4.78 is 19.3. The number of carbonyl (C=O) groups excluding carboxylic acids is 1. The van der Waals surface area contributed by atoms with E-state index in [4.69, 9.17) is 10.5 Å². The Balaban J connectivity index is 1.68. The van der Waals surface area contributed by atoms with Crippen molar-refractivity contribution >= 4 is 17.4 Å². The monoisotopic (exact) mass is 393 g/mol. The molecule has 3 aromatic rings. The fraction of sp³-hybridized carbons (Fsp3) is 0.217. The fourth-order valence-corrected chi connectivity index (χ4v) is 2.93. The molecule has 1 heterocycles. The summed E-state index contributed by atoms with van der Waals surface area (Å²) in [6.45, 7) is 5.88. The number of benzene rings is 2. The minimum Gasteiger partial charge on any atom is -0.457 e. The van der Waals surface area contributed by atoms with E-state index in [0.717, 1.165) is 12.2 Å². The molecule has 0 aliphatic heterocycles. The quantitative estimate of drug-likeness (QED) is 0.553. The van der Waals surface area contributed by atoms with E-state index in [0.29, 0.717) is 17.4 Å². The van der Waals surface area contributed by atoms with Crippen LogP contribution in [0.4, 0.5) is 15.9 Å². The molecule has 3 rings (SSSR count). The molecule has 5 nitrogen and oxygen atoms in total. The van der Waals surface area contributed by atoms with E-state index in [-0.39, 0.29) is 16.9 Å². The first-order chi connectivity index (χ1) is 13.8. The Bertz CT molecular complexity index is 1020. The van der Waals surface area contributed by atoms with Gasteiger partial charge < -0.3 is 15.8 Å². The van der Waals surface area contributed by atoms with E-state index < -0.39 is 11.9 Å². The maximum absolute atomic E-state index is 13.4. The second-order valence-electron chi connectivity index (χ2n) is 7.35. The fourth-order valence-electron chi connectivity index (χ4n) is 2.93. The van der Waals surface area contributed by atoms with Gasteiger partial charge in [0.05, 0.1) is 5.56 Å². The lowest BCUT2D eigenvalue weighted by Crippen LogP contribution is -2.16. The number of hydrogen-bond donors (Lipinski definition) is 2. The van der Waals surface area contributed by atoms with Crippen molar-refractivity contribution in [3.8, 4) is 11.5 Å². The van der Waals surface area contributed by atoms with Gasteiger partial charge in [0.1, 0.15) is 17.3 Å². The van der Waals surface area contributed by atoms with Crippen LogP contribution in [0.1, 0.15) is 35.3 Å². The van der Waals surface area contributed by atoms with Crippen LogP contribution in [0.25, 0.3) is 0 Å². The molecule has 6 heteroatoms. The molecule has 0 saturated carbocycles. The van der Waals surface area contributed by atoms with Gasteiger partial charge in [0.15, 0.2) is 0 Å². The lowest BCUT2D eigenvalue weighted by atomic mass is 10.0. The van der Waals surface area contributed by atoms with Crippen LogP contribution in [0.15, 0.2) is 54.6 Å². The second kappa shape index (κ2) is 8.73. The van der Waals surface area contributed by atoms with Gasteiger partial charge in [0.25, 0.3) is 5.91 Å². The third kappa shape index (κ3) is 5.31. The maximum Gasteiger partial charge on any atom is 0.259 e. The number of halogens is 1. The molecule has 29 heavy (non-hydrogen) atoms. The molecule has 0 fully saturated rings. The average Bonchev–Trinajstić information content (AvgIpc) is 2.66. The number of aromatic nitrogens is 1. The number of ether oxygens (including phenoxy) is 1. The Kier molecular flexibility index (Phi) is 6.12. The summed E-state index contributed by atoms with van der Waals surface area (Å²) in [6.07, 6.45) is 0.989. The molecule has 0 saturated heterocycles. The van der Waals surface area contributed by atoms with Crippen LogP contribution in [-0.4, -0.2) is 10.9 Å². The van der Waals surface area contributed by atoms with Crippen molar-refractivity contribution in [3.63, 3.8) is 0 Å². The van der Waals surface area contributed by atoms with Crippen molar-refractivity contribution in [2.75, 3.05) is 11.1 Å². The molecule has 0 bridgehead atoms. The van der Waals surface area contributed by atoms with Crippen molar-refractivity contribution in [2.45, 2.75) is 27.2 Å². The van der Waals surface area contributed by atoms with Crippen molar-refractivity contribution in [1.82, 2.24) is 4.98 Å². The number of anilines is 2. The Hall–Kier alpha value is -3.41. The molecule has 0 unspecified atom stereocenters. The smallest absolute Gasteiger partial charge is 0.259 e. The molecule has 0 radical (unpaired) electrons. The third-order valence-electron chi connectivity index (χ3n) is 4.32. The first-order valence-corrected chi connectivity index (χ1v) is 9.42. The van der Waals surface area contributed by atoms with Crippen molar-refractivity contribution in [1.29, 1.82) is 0 Å². The first-order valence-electron chi connectivity index (χ1n) is 9.42. The highest BCUT2D eigenvalue weighted by Gasteiger charge is 2.14. The SMILES string of the molecule is Cc1cc(C(=O)Nc2ccc(Oc3cccc(CC(C)C)c3)cc2)c(N)nc1F. The third-order valence-corrected chi connectivity index (χ3v) is 4.32. The minimum atomic E-state index is -0.682. The van der Waals surface area contributed by atoms with Crippen LogP contribution in [0.3, 0.4) is 0 Å². The molecular formula is C23H24FN3O2. The zero-order chi connectivity index (χ0) is 21.0.